The molecule has 7 nitrogen and oxygen atoms in total. The first kappa shape index (κ1) is 21.9. The molecule has 0 saturated heterocycles. The first-order valence-electron chi connectivity index (χ1n) is 8.51. The molecule has 9 heteroatoms. The van der Waals surface area contributed by atoms with Gasteiger partial charge in [0.1, 0.15) is 5.76 Å². The normalized spacial score (nSPS) is 10.9. The third-order valence-corrected chi connectivity index (χ3v) is 4.76. The molecule has 2 heterocycles. The first-order valence-corrected chi connectivity index (χ1v) is 9.39. The van der Waals surface area contributed by atoms with Crippen LogP contribution >= 0.6 is 35.3 Å². The van der Waals surface area contributed by atoms with Crippen LogP contribution in [-0.4, -0.2) is 17.4 Å². The highest BCUT2D eigenvalue weighted by Gasteiger charge is 2.05. The molecular weight excluding hydrogens is 491 g/mol. The van der Waals surface area contributed by atoms with Gasteiger partial charge in [0.05, 0.1) is 24.3 Å². The molecule has 0 fully saturated rings. The van der Waals surface area contributed by atoms with E-state index in [-0.39, 0.29) is 29.7 Å². The van der Waals surface area contributed by atoms with Gasteiger partial charge in [0.2, 0.25) is 0 Å². The van der Waals surface area contributed by atoms with Crippen molar-refractivity contribution in [2.45, 2.75) is 19.5 Å². The molecule has 0 spiro atoms. The van der Waals surface area contributed by atoms with Gasteiger partial charge in [0, 0.05) is 23.6 Å². The molecule has 0 amide bonds. The molecule has 3 rings (SSSR count). The number of hydrogen-bond donors (Lipinski definition) is 2. The van der Waals surface area contributed by atoms with Crippen molar-refractivity contribution >= 4 is 47.0 Å². The van der Waals surface area contributed by atoms with Gasteiger partial charge in [-0.15, -0.1) is 35.3 Å². The van der Waals surface area contributed by atoms with Crippen molar-refractivity contribution in [1.29, 1.82) is 0 Å². The van der Waals surface area contributed by atoms with Gasteiger partial charge in [0.15, 0.2) is 5.96 Å². The van der Waals surface area contributed by atoms with Gasteiger partial charge in [-0.05, 0) is 35.6 Å². The zero-order valence-corrected chi connectivity index (χ0v) is 18.2. The summed E-state index contributed by atoms with van der Waals surface area (Å²) in [5.41, 5.74) is 0.978. The highest BCUT2D eigenvalue weighted by Crippen LogP contribution is 2.12. The standard InChI is InChI=1S/C19H20N4O3S.HI/c24-23(25)16-7-5-15(6-8-16)13-21-19(22-14-17-3-1-11-26-17)20-10-9-18-4-2-12-27-18;/h1-8,11-12H,9-10,13-14H2,(H2,20,21,22);1H. The highest BCUT2D eigenvalue weighted by molar-refractivity contribution is 14.0. The summed E-state index contributed by atoms with van der Waals surface area (Å²) in [7, 11) is 0. The van der Waals surface area contributed by atoms with E-state index in [4.69, 9.17) is 4.42 Å². The highest BCUT2D eigenvalue weighted by atomic mass is 127. The van der Waals surface area contributed by atoms with Crippen molar-refractivity contribution < 1.29 is 9.34 Å². The fourth-order valence-electron chi connectivity index (χ4n) is 2.41. The van der Waals surface area contributed by atoms with E-state index in [0.717, 1.165) is 24.3 Å². The van der Waals surface area contributed by atoms with E-state index in [1.165, 1.54) is 17.0 Å². The second-order valence-electron chi connectivity index (χ2n) is 5.78. The van der Waals surface area contributed by atoms with Crippen LogP contribution in [0.4, 0.5) is 5.69 Å². The van der Waals surface area contributed by atoms with E-state index >= 15 is 0 Å². The number of halogens is 1. The van der Waals surface area contributed by atoms with Crippen LogP contribution in [0.15, 0.2) is 69.6 Å². The van der Waals surface area contributed by atoms with Crippen LogP contribution in [0.2, 0.25) is 0 Å². The largest absolute Gasteiger partial charge is 0.467 e. The fraction of sp³-hybridized carbons (Fsp3) is 0.211. The zero-order chi connectivity index (χ0) is 18.9. The minimum atomic E-state index is -0.407. The molecule has 2 N–H and O–H groups in total. The van der Waals surface area contributed by atoms with Gasteiger partial charge in [-0.25, -0.2) is 4.99 Å². The summed E-state index contributed by atoms with van der Waals surface area (Å²) in [6.45, 7) is 1.70. The summed E-state index contributed by atoms with van der Waals surface area (Å²) in [5, 5.41) is 19.4. The van der Waals surface area contributed by atoms with Gasteiger partial charge < -0.3 is 15.1 Å². The van der Waals surface area contributed by atoms with E-state index in [1.54, 1.807) is 29.7 Å². The summed E-state index contributed by atoms with van der Waals surface area (Å²) >= 11 is 1.73. The zero-order valence-electron chi connectivity index (χ0n) is 15.0. The van der Waals surface area contributed by atoms with Crippen LogP contribution in [-0.2, 0) is 19.5 Å². The lowest BCUT2D eigenvalue weighted by atomic mass is 10.2. The minimum absolute atomic E-state index is 0. The molecule has 0 bridgehead atoms. The Labute approximate surface area is 184 Å². The van der Waals surface area contributed by atoms with Crippen molar-refractivity contribution in [1.82, 2.24) is 10.6 Å². The summed E-state index contributed by atoms with van der Waals surface area (Å²) in [6.07, 6.45) is 2.55. The molecule has 28 heavy (non-hydrogen) atoms. The number of guanidine groups is 1. The molecule has 0 radical (unpaired) electrons. The molecule has 3 aromatic rings. The second-order valence-corrected chi connectivity index (χ2v) is 6.81. The van der Waals surface area contributed by atoms with Gasteiger partial charge in [0.25, 0.3) is 5.69 Å². The Morgan fingerprint density at radius 1 is 1.14 bits per heavy atom. The summed E-state index contributed by atoms with van der Waals surface area (Å²) in [6, 6.07) is 14.3. The third kappa shape index (κ3) is 6.97. The summed E-state index contributed by atoms with van der Waals surface area (Å²) in [4.78, 5) is 16.2. The third-order valence-electron chi connectivity index (χ3n) is 3.82. The number of benzene rings is 1. The van der Waals surface area contributed by atoms with Crippen LogP contribution in [0.5, 0.6) is 0 Å². The van der Waals surface area contributed by atoms with Crippen LogP contribution in [0.3, 0.4) is 0 Å². The maximum absolute atomic E-state index is 10.7. The number of rotatable bonds is 8. The Morgan fingerprint density at radius 2 is 1.96 bits per heavy atom. The predicted molar refractivity (Wildman–Crippen MR) is 121 cm³/mol. The molecule has 148 valence electrons. The Morgan fingerprint density at radius 3 is 2.61 bits per heavy atom. The molecule has 0 aliphatic rings. The smallest absolute Gasteiger partial charge is 0.269 e. The number of nitrogens with zero attached hydrogens (tertiary/aromatic N) is 2. The minimum Gasteiger partial charge on any atom is -0.467 e. The van der Waals surface area contributed by atoms with Crippen molar-refractivity contribution in [2.75, 3.05) is 6.54 Å². The van der Waals surface area contributed by atoms with Crippen molar-refractivity contribution in [3.8, 4) is 0 Å². The van der Waals surface area contributed by atoms with Gasteiger partial charge in [-0.2, -0.15) is 0 Å². The van der Waals surface area contributed by atoms with Crippen LogP contribution < -0.4 is 10.6 Å². The number of thiophene rings is 1. The van der Waals surface area contributed by atoms with Gasteiger partial charge >= 0.3 is 0 Å². The quantitative estimate of drug-likeness (QED) is 0.154. The lowest BCUT2D eigenvalue weighted by Crippen LogP contribution is -2.38. The summed E-state index contributed by atoms with van der Waals surface area (Å²) < 4.78 is 5.34. The van der Waals surface area contributed by atoms with E-state index in [0.29, 0.717) is 19.0 Å². The molecule has 0 atom stereocenters. The van der Waals surface area contributed by atoms with Crippen molar-refractivity contribution in [2.24, 2.45) is 4.99 Å². The second kappa shape index (κ2) is 11.4. The summed E-state index contributed by atoms with van der Waals surface area (Å²) in [5.74, 6) is 1.49. The number of nitro benzene ring substituents is 1. The fourth-order valence-corrected chi connectivity index (χ4v) is 3.12. The molecule has 0 saturated carbocycles. The number of nitro groups is 1. The number of hydrogen-bond acceptors (Lipinski definition) is 5. The molecule has 0 aliphatic carbocycles. The van der Waals surface area contributed by atoms with E-state index in [9.17, 15) is 10.1 Å². The van der Waals surface area contributed by atoms with E-state index < -0.39 is 4.92 Å². The number of aliphatic imine (C=N–C) groups is 1. The lowest BCUT2D eigenvalue weighted by molar-refractivity contribution is -0.384. The number of furan rings is 1. The van der Waals surface area contributed by atoms with Crippen LogP contribution in [0, 0.1) is 10.1 Å². The number of nitrogens with one attached hydrogen (secondary N) is 2. The van der Waals surface area contributed by atoms with Crippen LogP contribution in [0.1, 0.15) is 16.2 Å². The first-order chi connectivity index (χ1) is 13.2. The van der Waals surface area contributed by atoms with Gasteiger partial charge in [-0.1, -0.05) is 18.2 Å². The van der Waals surface area contributed by atoms with Crippen molar-refractivity contribution in [3.63, 3.8) is 0 Å². The molecule has 0 unspecified atom stereocenters. The Bertz CT molecular complexity index is 865. The Kier molecular flexibility index (Phi) is 8.95. The SMILES string of the molecule is I.O=[N+]([O-])c1ccc(CN=C(NCCc2cccs2)NCc2ccco2)cc1. The molecular formula is C19H21IN4O3S. The molecule has 2 aromatic heterocycles. The van der Waals surface area contributed by atoms with E-state index in [2.05, 4.69) is 27.1 Å². The van der Waals surface area contributed by atoms with Crippen LogP contribution in [0.25, 0.3) is 0 Å². The maximum Gasteiger partial charge on any atom is 0.269 e. The van der Waals surface area contributed by atoms with E-state index in [1.807, 2.05) is 18.2 Å². The number of non-ortho nitro benzene ring substituents is 1. The average molecular weight is 512 g/mol. The lowest BCUT2D eigenvalue weighted by Gasteiger charge is -2.11. The maximum atomic E-state index is 10.7. The monoisotopic (exact) mass is 512 g/mol. The Hall–Kier alpha value is -2.40. The Balaban J connectivity index is 0.00000280. The van der Waals surface area contributed by atoms with Crippen molar-refractivity contribution in [3.05, 3.63) is 86.5 Å². The molecule has 1 aromatic carbocycles. The molecule has 0 aliphatic heterocycles. The predicted octanol–water partition coefficient (Wildman–Crippen LogP) is 4.35. The topological polar surface area (TPSA) is 92.7 Å². The average Bonchev–Trinajstić information content (AvgIpc) is 3.37. The van der Waals surface area contributed by atoms with Gasteiger partial charge in [-0.3, -0.25) is 10.1 Å².